The summed E-state index contributed by atoms with van der Waals surface area (Å²) in [6.07, 6.45) is 5.49. The lowest BCUT2D eigenvalue weighted by Crippen LogP contribution is -2.07. The van der Waals surface area contributed by atoms with Gasteiger partial charge < -0.3 is 9.84 Å². The molecule has 0 heterocycles. The van der Waals surface area contributed by atoms with Crippen LogP contribution >= 0.6 is 0 Å². The van der Waals surface area contributed by atoms with Gasteiger partial charge in [0.25, 0.3) is 0 Å². The molecule has 0 saturated heterocycles. The molecule has 0 spiro atoms. The molecule has 1 aromatic rings. The van der Waals surface area contributed by atoms with Crippen LogP contribution in [0.1, 0.15) is 42.5 Å². The fraction of sp³-hybridized carbons (Fsp3) is 0.500. The summed E-state index contributed by atoms with van der Waals surface area (Å²) >= 11 is 0. The first-order valence-corrected chi connectivity index (χ1v) is 6.43. The molecule has 1 N–H and O–H groups in total. The molecule has 2 rings (SSSR count). The third-order valence-electron chi connectivity index (χ3n) is 3.49. The Hall–Kier alpha value is -1.65. The normalized spacial score (nSPS) is 15.7. The van der Waals surface area contributed by atoms with Crippen LogP contribution in [0, 0.1) is 17.6 Å². The lowest BCUT2D eigenvalue weighted by atomic mass is 10.1. The number of carboxylic acids is 1. The quantitative estimate of drug-likeness (QED) is 0.888. The Kier molecular flexibility index (Phi) is 4.35. The van der Waals surface area contributed by atoms with Gasteiger partial charge in [0, 0.05) is 0 Å². The molecule has 0 radical (unpaired) electrons. The van der Waals surface area contributed by atoms with E-state index < -0.39 is 28.9 Å². The van der Waals surface area contributed by atoms with Crippen LogP contribution in [0.3, 0.4) is 0 Å². The number of carboxylic acid groups (broad SMARTS) is 1. The maximum Gasteiger partial charge on any atom is 0.335 e. The van der Waals surface area contributed by atoms with Gasteiger partial charge >= 0.3 is 5.97 Å². The second kappa shape index (κ2) is 5.99. The van der Waals surface area contributed by atoms with Crippen molar-refractivity contribution in [1.29, 1.82) is 0 Å². The summed E-state index contributed by atoms with van der Waals surface area (Å²) in [4.78, 5) is 10.6. The molecular weight excluding hydrogens is 254 g/mol. The van der Waals surface area contributed by atoms with Gasteiger partial charge in [-0.25, -0.2) is 13.6 Å². The van der Waals surface area contributed by atoms with Crippen LogP contribution in [0.4, 0.5) is 8.78 Å². The Bertz CT molecular complexity index is 445. The second-order valence-corrected chi connectivity index (χ2v) is 4.86. The van der Waals surface area contributed by atoms with Gasteiger partial charge in [0.2, 0.25) is 0 Å². The highest BCUT2D eigenvalue weighted by atomic mass is 19.1. The van der Waals surface area contributed by atoms with Crippen molar-refractivity contribution in [1.82, 2.24) is 0 Å². The Labute approximate surface area is 110 Å². The van der Waals surface area contributed by atoms with E-state index in [2.05, 4.69) is 0 Å². The van der Waals surface area contributed by atoms with E-state index in [1.54, 1.807) is 0 Å². The standard InChI is InChI=1S/C14H16F2O3/c15-11-7-10(14(17)18)8-12(16)13(11)19-6-5-9-3-1-2-4-9/h7-9H,1-6H2,(H,17,18). The summed E-state index contributed by atoms with van der Waals surface area (Å²) in [6.45, 7) is 0.255. The molecule has 0 amide bonds. The van der Waals surface area contributed by atoms with Crippen molar-refractivity contribution in [3.05, 3.63) is 29.3 Å². The highest BCUT2D eigenvalue weighted by molar-refractivity contribution is 5.87. The predicted molar refractivity (Wildman–Crippen MR) is 65.4 cm³/mol. The topological polar surface area (TPSA) is 46.5 Å². The number of benzene rings is 1. The fourth-order valence-corrected chi connectivity index (χ4v) is 2.45. The van der Waals surface area contributed by atoms with E-state index in [-0.39, 0.29) is 6.61 Å². The van der Waals surface area contributed by atoms with Crippen LogP contribution in [0.15, 0.2) is 12.1 Å². The molecular formula is C14H16F2O3. The first kappa shape index (κ1) is 13.8. The monoisotopic (exact) mass is 270 g/mol. The third kappa shape index (κ3) is 3.43. The number of halogens is 2. The Balaban J connectivity index is 1.97. The van der Waals surface area contributed by atoms with Gasteiger partial charge in [-0.15, -0.1) is 0 Å². The van der Waals surface area contributed by atoms with Crippen molar-refractivity contribution in [2.45, 2.75) is 32.1 Å². The zero-order valence-electron chi connectivity index (χ0n) is 10.5. The Morgan fingerprint density at radius 1 is 1.26 bits per heavy atom. The number of hydrogen-bond acceptors (Lipinski definition) is 2. The molecule has 0 aromatic heterocycles. The van der Waals surface area contributed by atoms with E-state index >= 15 is 0 Å². The average Bonchev–Trinajstić information content (AvgIpc) is 2.85. The summed E-state index contributed by atoms with van der Waals surface area (Å²) < 4.78 is 32.2. The highest BCUT2D eigenvalue weighted by Gasteiger charge is 2.18. The van der Waals surface area contributed by atoms with E-state index in [9.17, 15) is 13.6 Å². The first-order valence-electron chi connectivity index (χ1n) is 6.43. The minimum atomic E-state index is -1.37. The number of ether oxygens (including phenoxy) is 1. The number of carbonyl (C=O) groups is 1. The smallest absolute Gasteiger partial charge is 0.335 e. The Morgan fingerprint density at radius 2 is 1.84 bits per heavy atom. The van der Waals surface area contributed by atoms with Crippen LogP contribution in [0.25, 0.3) is 0 Å². The summed E-state index contributed by atoms with van der Waals surface area (Å²) in [5.74, 6) is -3.21. The van der Waals surface area contributed by atoms with Gasteiger partial charge in [0.05, 0.1) is 12.2 Å². The van der Waals surface area contributed by atoms with E-state index in [4.69, 9.17) is 9.84 Å². The lowest BCUT2D eigenvalue weighted by Gasteiger charge is -2.12. The van der Waals surface area contributed by atoms with Crippen molar-refractivity contribution >= 4 is 5.97 Å². The third-order valence-corrected chi connectivity index (χ3v) is 3.49. The molecule has 104 valence electrons. The van der Waals surface area contributed by atoms with Crippen molar-refractivity contribution < 1.29 is 23.4 Å². The molecule has 0 unspecified atom stereocenters. The average molecular weight is 270 g/mol. The predicted octanol–water partition coefficient (Wildman–Crippen LogP) is 3.62. The van der Waals surface area contributed by atoms with Crippen LogP contribution in [-0.2, 0) is 0 Å². The van der Waals surface area contributed by atoms with Gasteiger partial charge in [0.15, 0.2) is 17.4 Å². The summed E-state index contributed by atoms with van der Waals surface area (Å²) in [5.41, 5.74) is -0.418. The van der Waals surface area contributed by atoms with Crippen LogP contribution in [0.2, 0.25) is 0 Å². The zero-order chi connectivity index (χ0) is 13.8. The van der Waals surface area contributed by atoms with Crippen LogP contribution < -0.4 is 4.74 Å². The van der Waals surface area contributed by atoms with Crippen LogP contribution in [-0.4, -0.2) is 17.7 Å². The second-order valence-electron chi connectivity index (χ2n) is 4.86. The van der Waals surface area contributed by atoms with Crippen molar-refractivity contribution in [2.75, 3.05) is 6.61 Å². The van der Waals surface area contributed by atoms with Gasteiger partial charge in [-0.05, 0) is 24.5 Å². The van der Waals surface area contributed by atoms with Gasteiger partial charge in [-0.2, -0.15) is 0 Å². The molecule has 0 atom stereocenters. The molecule has 1 aromatic carbocycles. The summed E-state index contributed by atoms with van der Waals surface area (Å²) in [5, 5.41) is 8.67. The number of rotatable bonds is 5. The minimum absolute atomic E-state index is 0.255. The number of aromatic carboxylic acids is 1. The largest absolute Gasteiger partial charge is 0.488 e. The fourth-order valence-electron chi connectivity index (χ4n) is 2.45. The van der Waals surface area contributed by atoms with E-state index in [0.29, 0.717) is 5.92 Å². The molecule has 0 aliphatic heterocycles. The summed E-state index contributed by atoms with van der Waals surface area (Å²) in [7, 11) is 0. The SMILES string of the molecule is O=C(O)c1cc(F)c(OCCC2CCCC2)c(F)c1. The molecule has 1 aliphatic rings. The molecule has 3 nitrogen and oxygen atoms in total. The van der Waals surface area contributed by atoms with Gasteiger partial charge in [-0.3, -0.25) is 0 Å². The first-order chi connectivity index (χ1) is 9.08. The van der Waals surface area contributed by atoms with Crippen molar-refractivity contribution in [3.63, 3.8) is 0 Å². The zero-order valence-corrected chi connectivity index (χ0v) is 10.5. The van der Waals surface area contributed by atoms with E-state index in [1.165, 1.54) is 12.8 Å². The van der Waals surface area contributed by atoms with E-state index in [0.717, 1.165) is 31.4 Å². The lowest BCUT2D eigenvalue weighted by molar-refractivity contribution is 0.0695. The molecule has 1 aliphatic carbocycles. The van der Waals surface area contributed by atoms with Crippen LogP contribution in [0.5, 0.6) is 5.75 Å². The maximum absolute atomic E-state index is 13.5. The molecule has 0 bridgehead atoms. The molecule has 19 heavy (non-hydrogen) atoms. The molecule has 1 fully saturated rings. The Morgan fingerprint density at radius 3 is 2.37 bits per heavy atom. The maximum atomic E-state index is 13.5. The molecule has 5 heteroatoms. The van der Waals surface area contributed by atoms with E-state index in [1.807, 2.05) is 0 Å². The number of hydrogen-bond donors (Lipinski definition) is 1. The highest BCUT2D eigenvalue weighted by Crippen LogP contribution is 2.28. The van der Waals surface area contributed by atoms with Gasteiger partial charge in [-0.1, -0.05) is 25.7 Å². The minimum Gasteiger partial charge on any atom is -0.488 e. The van der Waals surface area contributed by atoms with Gasteiger partial charge in [0.1, 0.15) is 0 Å². The molecule has 1 saturated carbocycles. The van der Waals surface area contributed by atoms with Crippen molar-refractivity contribution in [2.24, 2.45) is 5.92 Å². The summed E-state index contributed by atoms with van der Waals surface area (Å²) in [6, 6.07) is 1.55. The van der Waals surface area contributed by atoms with Crippen molar-refractivity contribution in [3.8, 4) is 5.75 Å².